The minimum Gasteiger partial charge on any atom is -0.458 e. The average molecular weight is 594 g/mol. The number of carbonyl (C=O) groups is 1. The van der Waals surface area contributed by atoms with E-state index in [4.69, 9.17) is 14.2 Å². The Morgan fingerprint density at radius 2 is 1.83 bits per heavy atom. The van der Waals surface area contributed by atoms with Gasteiger partial charge in [0.05, 0.1) is 42.4 Å². The van der Waals surface area contributed by atoms with Gasteiger partial charge in [0, 0.05) is 24.0 Å². The van der Waals surface area contributed by atoms with Gasteiger partial charge in [-0.3, -0.25) is 9.52 Å². The number of anilines is 1. The van der Waals surface area contributed by atoms with Gasteiger partial charge in [0.25, 0.3) is 0 Å². The summed E-state index contributed by atoms with van der Waals surface area (Å²) in [7, 11) is -3.67. The fourth-order valence-electron chi connectivity index (χ4n) is 4.09. The SMILES string of the molecule is CCS(=O)(=O)Nc1nc(-c2ccc(F)cc2)c(/C=C/[C@H](C[C@@H](O)CC2OCCCO2)OC(=O)C(C)C)c(C(C)C)n1. The predicted molar refractivity (Wildman–Crippen MR) is 154 cm³/mol. The van der Waals surface area contributed by atoms with Crippen LogP contribution in [0.3, 0.4) is 0 Å². The van der Waals surface area contributed by atoms with Crippen molar-refractivity contribution in [2.24, 2.45) is 5.92 Å². The van der Waals surface area contributed by atoms with Gasteiger partial charge in [-0.25, -0.2) is 22.8 Å². The number of sulfonamides is 1. The van der Waals surface area contributed by atoms with E-state index in [1.807, 2.05) is 13.8 Å². The van der Waals surface area contributed by atoms with Gasteiger partial charge in [0.2, 0.25) is 16.0 Å². The largest absolute Gasteiger partial charge is 0.458 e. The minimum absolute atomic E-state index is 0.0936. The van der Waals surface area contributed by atoms with Gasteiger partial charge in [0.15, 0.2) is 6.29 Å². The Morgan fingerprint density at radius 1 is 1.17 bits per heavy atom. The van der Waals surface area contributed by atoms with Crippen LogP contribution < -0.4 is 4.72 Å². The minimum atomic E-state index is -3.67. The van der Waals surface area contributed by atoms with Gasteiger partial charge in [-0.15, -0.1) is 0 Å². The van der Waals surface area contributed by atoms with E-state index in [2.05, 4.69) is 14.7 Å². The van der Waals surface area contributed by atoms with Gasteiger partial charge in [-0.05, 0) is 49.6 Å². The maximum atomic E-state index is 13.8. The highest BCUT2D eigenvalue weighted by Crippen LogP contribution is 2.31. The lowest BCUT2D eigenvalue weighted by Gasteiger charge is -2.26. The number of halogens is 1. The van der Waals surface area contributed by atoms with Crippen LogP contribution in [0.25, 0.3) is 17.3 Å². The zero-order chi connectivity index (χ0) is 30.2. The van der Waals surface area contributed by atoms with E-state index >= 15 is 0 Å². The van der Waals surface area contributed by atoms with Crippen LogP contribution in [0, 0.1) is 11.7 Å². The molecule has 1 fully saturated rings. The molecule has 1 aromatic heterocycles. The summed E-state index contributed by atoms with van der Waals surface area (Å²) < 4.78 is 57.6. The standard InChI is InChI=1S/C29H40FN3O7S/c1-6-41(36,37)33-29-31-26(18(2)3)24(27(32-29)20-8-10-21(30)11-9-20)13-12-23(40-28(35)19(4)5)16-22(34)17-25-38-14-7-15-39-25/h8-13,18-19,22-23,25,34H,6-7,14-17H2,1-5H3,(H,31,32,33)/b13-12+/t22-,23-/m1/s1. The smallest absolute Gasteiger partial charge is 0.308 e. The van der Waals surface area contributed by atoms with Crippen LogP contribution in [0.15, 0.2) is 30.3 Å². The second-order valence-corrected chi connectivity index (χ2v) is 12.5. The summed E-state index contributed by atoms with van der Waals surface area (Å²) in [6.45, 7) is 9.85. The van der Waals surface area contributed by atoms with E-state index in [1.165, 1.54) is 19.1 Å². The Balaban J connectivity index is 2.03. The second kappa shape index (κ2) is 14.8. The number of hydrogen-bond acceptors (Lipinski definition) is 9. The fourth-order valence-corrected chi connectivity index (χ4v) is 4.60. The van der Waals surface area contributed by atoms with E-state index in [9.17, 15) is 22.7 Å². The summed E-state index contributed by atoms with van der Waals surface area (Å²) in [4.78, 5) is 21.5. The number of aliphatic hydroxyl groups is 1. The maximum Gasteiger partial charge on any atom is 0.308 e. The molecule has 1 aliphatic heterocycles. The summed E-state index contributed by atoms with van der Waals surface area (Å²) in [5.41, 5.74) is 1.98. The highest BCUT2D eigenvalue weighted by molar-refractivity contribution is 7.92. The monoisotopic (exact) mass is 593 g/mol. The van der Waals surface area contributed by atoms with Crippen molar-refractivity contribution < 1.29 is 36.9 Å². The van der Waals surface area contributed by atoms with E-state index in [-0.39, 0.29) is 36.4 Å². The van der Waals surface area contributed by atoms with Crippen molar-refractivity contribution in [2.75, 3.05) is 23.7 Å². The summed E-state index contributed by atoms with van der Waals surface area (Å²) in [5.74, 6) is -1.68. The van der Waals surface area contributed by atoms with Crippen molar-refractivity contribution in [1.29, 1.82) is 0 Å². The summed E-state index contributed by atoms with van der Waals surface area (Å²) in [5, 5.41) is 10.8. The number of carbonyl (C=O) groups excluding carboxylic acids is 1. The van der Waals surface area contributed by atoms with Gasteiger partial charge < -0.3 is 19.3 Å². The van der Waals surface area contributed by atoms with Gasteiger partial charge >= 0.3 is 5.97 Å². The molecule has 0 unspecified atom stereocenters. The van der Waals surface area contributed by atoms with Crippen LogP contribution in [0.1, 0.15) is 71.1 Å². The molecule has 12 heteroatoms. The third-order valence-electron chi connectivity index (χ3n) is 6.35. The van der Waals surface area contributed by atoms with Crippen molar-refractivity contribution in [3.63, 3.8) is 0 Å². The van der Waals surface area contributed by atoms with Crippen LogP contribution in [0.4, 0.5) is 10.3 Å². The summed E-state index contributed by atoms with van der Waals surface area (Å²) in [6.07, 6.45) is 2.24. The van der Waals surface area contributed by atoms with E-state index in [0.29, 0.717) is 35.7 Å². The summed E-state index contributed by atoms with van der Waals surface area (Å²) >= 11 is 0. The zero-order valence-electron chi connectivity index (χ0n) is 24.2. The number of rotatable bonds is 13. The molecule has 1 aliphatic rings. The van der Waals surface area contributed by atoms with Crippen molar-refractivity contribution in [3.8, 4) is 11.3 Å². The molecule has 1 aromatic carbocycles. The first-order valence-corrected chi connectivity index (χ1v) is 15.5. The molecule has 0 amide bonds. The third kappa shape index (κ3) is 9.84. The van der Waals surface area contributed by atoms with Crippen LogP contribution in [-0.4, -0.2) is 66.9 Å². The lowest BCUT2D eigenvalue weighted by atomic mass is 9.97. The first-order valence-electron chi connectivity index (χ1n) is 13.9. The molecule has 0 radical (unpaired) electrons. The number of aromatic nitrogens is 2. The molecule has 2 N–H and O–H groups in total. The predicted octanol–water partition coefficient (Wildman–Crippen LogP) is 4.65. The number of benzene rings is 1. The lowest BCUT2D eigenvalue weighted by Crippen LogP contribution is -2.31. The Bertz CT molecular complexity index is 1290. The van der Waals surface area contributed by atoms with E-state index in [0.717, 1.165) is 6.42 Å². The van der Waals surface area contributed by atoms with E-state index < -0.39 is 40.3 Å². The quantitative estimate of drug-likeness (QED) is 0.318. The molecule has 226 valence electrons. The number of aliphatic hydroxyl groups excluding tert-OH is 1. The second-order valence-electron chi connectivity index (χ2n) is 10.5. The first-order chi connectivity index (χ1) is 19.4. The molecule has 0 saturated carbocycles. The van der Waals surface area contributed by atoms with Gasteiger partial charge in [-0.2, -0.15) is 0 Å². The molecule has 0 spiro atoms. The summed E-state index contributed by atoms with van der Waals surface area (Å²) in [6, 6.07) is 5.66. The van der Waals surface area contributed by atoms with Crippen LogP contribution in [0.5, 0.6) is 0 Å². The molecule has 10 nitrogen and oxygen atoms in total. The first kappa shape index (κ1) is 32.6. The zero-order valence-corrected chi connectivity index (χ0v) is 25.0. The number of nitrogens with zero attached hydrogens (tertiary/aromatic N) is 2. The molecule has 0 aliphatic carbocycles. The molecular formula is C29H40FN3O7S. The molecule has 2 heterocycles. The Morgan fingerprint density at radius 3 is 2.41 bits per heavy atom. The number of nitrogens with one attached hydrogen (secondary N) is 1. The van der Waals surface area contributed by atoms with Gasteiger partial charge in [0.1, 0.15) is 11.9 Å². The van der Waals surface area contributed by atoms with E-state index in [1.54, 1.807) is 38.1 Å². The Hall–Kier alpha value is -2.93. The molecule has 0 bridgehead atoms. The highest BCUT2D eigenvalue weighted by atomic mass is 32.2. The topological polar surface area (TPSA) is 137 Å². The van der Waals surface area contributed by atoms with Crippen molar-refractivity contribution in [3.05, 3.63) is 47.4 Å². The normalized spacial score (nSPS) is 16.3. The number of esters is 1. The Labute approximate surface area is 241 Å². The molecular weight excluding hydrogens is 553 g/mol. The molecule has 2 atom stereocenters. The molecule has 3 rings (SSSR count). The maximum absolute atomic E-state index is 13.8. The van der Waals surface area contributed by atoms with Crippen molar-refractivity contribution >= 4 is 28.0 Å². The average Bonchev–Trinajstić information content (AvgIpc) is 2.92. The number of ether oxygens (including phenoxy) is 3. The Kier molecular flexibility index (Phi) is 11.8. The highest BCUT2D eigenvalue weighted by Gasteiger charge is 2.25. The van der Waals surface area contributed by atoms with Gasteiger partial charge in [-0.1, -0.05) is 33.8 Å². The van der Waals surface area contributed by atoms with Crippen LogP contribution in [-0.2, 0) is 29.0 Å². The lowest BCUT2D eigenvalue weighted by molar-refractivity contribution is -0.192. The molecule has 41 heavy (non-hydrogen) atoms. The van der Waals surface area contributed by atoms with Crippen LogP contribution in [0.2, 0.25) is 0 Å². The van der Waals surface area contributed by atoms with Crippen molar-refractivity contribution in [2.45, 2.75) is 78.3 Å². The third-order valence-corrected chi connectivity index (χ3v) is 7.60. The fraction of sp³-hybridized carbons (Fsp3) is 0.552. The van der Waals surface area contributed by atoms with Crippen LogP contribution >= 0.6 is 0 Å². The van der Waals surface area contributed by atoms with Crippen molar-refractivity contribution in [1.82, 2.24) is 9.97 Å². The molecule has 2 aromatic rings. The number of hydrogen-bond donors (Lipinski definition) is 2. The molecule has 1 saturated heterocycles.